The van der Waals surface area contributed by atoms with Crippen molar-refractivity contribution in [3.8, 4) is 0 Å². The first-order chi connectivity index (χ1) is 15.0. The summed E-state index contributed by atoms with van der Waals surface area (Å²) in [5, 5.41) is 3.17. The highest BCUT2D eigenvalue weighted by molar-refractivity contribution is 7.99. The van der Waals surface area contributed by atoms with Crippen molar-refractivity contribution in [3.63, 3.8) is 0 Å². The minimum absolute atomic E-state index is 0.0599. The summed E-state index contributed by atoms with van der Waals surface area (Å²) in [4.78, 5) is 17.9. The zero-order valence-corrected chi connectivity index (χ0v) is 19.6. The molecule has 31 heavy (non-hydrogen) atoms. The second-order valence-electron chi connectivity index (χ2n) is 9.93. The van der Waals surface area contributed by atoms with Gasteiger partial charge in [0.25, 0.3) is 5.91 Å². The molecule has 1 amide bonds. The number of amides is 1. The Labute approximate surface area is 190 Å². The van der Waals surface area contributed by atoms with Gasteiger partial charge >= 0.3 is 0 Å². The highest BCUT2D eigenvalue weighted by Crippen LogP contribution is 2.49. The van der Waals surface area contributed by atoms with Gasteiger partial charge < -0.3 is 14.7 Å². The fourth-order valence-corrected chi connectivity index (χ4v) is 6.49. The lowest BCUT2D eigenvalue weighted by Crippen LogP contribution is -2.50. The molecule has 2 aromatic carbocycles. The van der Waals surface area contributed by atoms with Crippen LogP contribution in [0.15, 0.2) is 52.3 Å². The zero-order chi connectivity index (χ0) is 21.4. The number of quaternary nitrogens is 1. The Morgan fingerprint density at radius 3 is 2.58 bits per heavy atom. The van der Waals surface area contributed by atoms with Gasteiger partial charge in [-0.25, -0.2) is 0 Å². The normalized spacial score (nSPS) is 20.5. The molecule has 2 fully saturated rings. The Kier molecular flexibility index (Phi) is 5.74. The van der Waals surface area contributed by atoms with Gasteiger partial charge in [0.1, 0.15) is 0 Å². The van der Waals surface area contributed by atoms with E-state index >= 15 is 0 Å². The molecule has 1 saturated heterocycles. The van der Waals surface area contributed by atoms with Crippen LogP contribution in [-0.4, -0.2) is 49.7 Å². The summed E-state index contributed by atoms with van der Waals surface area (Å²) in [5.41, 5.74) is 3.22. The number of likely N-dealkylation sites (tertiary alicyclic amines) is 1. The Morgan fingerprint density at radius 1 is 1.10 bits per heavy atom. The van der Waals surface area contributed by atoms with Crippen molar-refractivity contribution in [2.24, 2.45) is 5.92 Å². The Bertz CT molecular complexity index is 965. The van der Waals surface area contributed by atoms with E-state index < -0.39 is 0 Å². The first-order valence-electron chi connectivity index (χ1n) is 11.8. The Hall–Kier alpha value is -1.98. The van der Waals surface area contributed by atoms with Gasteiger partial charge in [-0.2, -0.15) is 0 Å². The lowest BCUT2D eigenvalue weighted by molar-refractivity contribution is -0.898. The third-order valence-corrected chi connectivity index (χ3v) is 8.52. The van der Waals surface area contributed by atoms with Gasteiger partial charge in [0.05, 0.1) is 44.1 Å². The fourth-order valence-electron chi connectivity index (χ4n) is 5.44. The van der Waals surface area contributed by atoms with Gasteiger partial charge in [-0.15, -0.1) is 0 Å². The topological polar surface area (TPSA) is 32.3 Å². The van der Waals surface area contributed by atoms with E-state index in [-0.39, 0.29) is 5.91 Å². The average molecular weight is 437 g/mol. The molecule has 1 aliphatic carbocycles. The van der Waals surface area contributed by atoms with Gasteiger partial charge in [-0.3, -0.25) is 4.79 Å². The van der Waals surface area contributed by atoms with Crippen molar-refractivity contribution >= 4 is 29.0 Å². The molecule has 5 rings (SSSR count). The number of para-hydroxylation sites is 1. The van der Waals surface area contributed by atoms with Crippen LogP contribution in [0.3, 0.4) is 0 Å². The van der Waals surface area contributed by atoms with Crippen molar-refractivity contribution in [2.45, 2.75) is 54.9 Å². The number of anilines is 2. The predicted octanol–water partition coefficient (Wildman–Crippen LogP) is 5.45. The van der Waals surface area contributed by atoms with E-state index in [9.17, 15) is 4.79 Å². The number of fused-ring (bicyclic) bond motifs is 2. The second kappa shape index (κ2) is 8.51. The van der Waals surface area contributed by atoms with Gasteiger partial charge in [-0.1, -0.05) is 30.3 Å². The summed E-state index contributed by atoms with van der Waals surface area (Å²) in [6, 6.07) is 15.3. The molecule has 1 N–H and O–H groups in total. The van der Waals surface area contributed by atoms with Crippen molar-refractivity contribution in [1.29, 1.82) is 0 Å². The third kappa shape index (κ3) is 4.22. The van der Waals surface area contributed by atoms with Crippen LogP contribution in [0.25, 0.3) is 0 Å². The largest absolute Gasteiger partial charge is 0.352 e. The molecule has 3 aliphatic rings. The van der Waals surface area contributed by atoms with Crippen molar-refractivity contribution < 1.29 is 9.28 Å². The first kappa shape index (κ1) is 20.9. The molecule has 5 heteroatoms. The van der Waals surface area contributed by atoms with E-state index in [0.29, 0.717) is 12.0 Å². The van der Waals surface area contributed by atoms with E-state index in [1.54, 1.807) is 0 Å². The quantitative estimate of drug-likeness (QED) is 0.611. The standard InChI is InChI=1S/C26H33N3OS/c1-19(18-29(2)14-5-6-15-29)28-22-10-3-4-11-24(22)31-25-13-12-21(16-23(25)28)26(30)27-17-20-8-7-9-20/h3-4,10-13,16,19-20H,5-9,14-15,17-18H2,1-2H3/p+1. The maximum atomic E-state index is 12.9. The van der Waals surface area contributed by atoms with Gasteiger partial charge in [0.15, 0.2) is 0 Å². The number of hydrogen-bond acceptors (Lipinski definition) is 3. The van der Waals surface area contributed by atoms with Gasteiger partial charge in [-0.05, 0) is 56.0 Å². The molecule has 2 aliphatic heterocycles. The van der Waals surface area contributed by atoms with E-state index in [0.717, 1.165) is 23.1 Å². The monoisotopic (exact) mass is 436 g/mol. The van der Waals surface area contributed by atoms with Crippen LogP contribution in [0.5, 0.6) is 0 Å². The molecule has 2 aromatic rings. The molecule has 1 saturated carbocycles. The smallest absolute Gasteiger partial charge is 0.251 e. The van der Waals surface area contributed by atoms with E-state index in [2.05, 4.69) is 60.6 Å². The molecule has 164 valence electrons. The van der Waals surface area contributed by atoms with E-state index in [4.69, 9.17) is 0 Å². The maximum absolute atomic E-state index is 12.9. The molecule has 2 heterocycles. The van der Waals surface area contributed by atoms with Crippen LogP contribution in [0.1, 0.15) is 49.4 Å². The molecule has 0 spiro atoms. The highest BCUT2D eigenvalue weighted by Gasteiger charge is 2.34. The average Bonchev–Trinajstić information content (AvgIpc) is 3.16. The number of carbonyl (C=O) groups is 1. The molecular weight excluding hydrogens is 402 g/mol. The summed E-state index contributed by atoms with van der Waals surface area (Å²) in [6.45, 7) is 6.82. The van der Waals surface area contributed by atoms with Crippen LogP contribution in [0.2, 0.25) is 0 Å². The summed E-state index contributed by atoms with van der Waals surface area (Å²) in [6.07, 6.45) is 6.47. The third-order valence-electron chi connectivity index (χ3n) is 7.39. The molecular formula is C26H34N3OS+. The molecule has 1 unspecified atom stereocenters. The number of carbonyl (C=O) groups excluding carboxylic acids is 1. The van der Waals surface area contributed by atoms with Crippen molar-refractivity contribution in [1.82, 2.24) is 5.32 Å². The first-order valence-corrected chi connectivity index (χ1v) is 12.7. The minimum atomic E-state index is 0.0599. The van der Waals surface area contributed by atoms with Crippen LogP contribution >= 0.6 is 11.8 Å². The highest BCUT2D eigenvalue weighted by atomic mass is 32.2. The predicted molar refractivity (Wildman–Crippen MR) is 128 cm³/mol. The zero-order valence-electron chi connectivity index (χ0n) is 18.8. The lowest BCUT2D eigenvalue weighted by atomic mass is 9.85. The summed E-state index contributed by atoms with van der Waals surface area (Å²) < 4.78 is 1.14. The minimum Gasteiger partial charge on any atom is -0.352 e. The molecule has 0 aromatic heterocycles. The van der Waals surface area contributed by atoms with E-state index in [1.165, 1.54) is 66.4 Å². The van der Waals surface area contributed by atoms with Crippen LogP contribution in [-0.2, 0) is 0 Å². The van der Waals surface area contributed by atoms with Gasteiger partial charge in [0.2, 0.25) is 0 Å². The summed E-state index contributed by atoms with van der Waals surface area (Å²) in [7, 11) is 2.40. The van der Waals surface area contributed by atoms with Crippen LogP contribution in [0.4, 0.5) is 11.4 Å². The van der Waals surface area contributed by atoms with Crippen molar-refractivity contribution in [2.75, 3.05) is 38.1 Å². The molecule has 4 nitrogen and oxygen atoms in total. The fraction of sp³-hybridized carbons (Fsp3) is 0.500. The molecule has 0 radical (unpaired) electrons. The summed E-state index contributed by atoms with van der Waals surface area (Å²) in [5.74, 6) is 0.732. The van der Waals surface area contributed by atoms with Crippen LogP contribution in [0, 0.1) is 5.92 Å². The second-order valence-corrected chi connectivity index (χ2v) is 11.0. The SMILES string of the molecule is CC(C[N+]1(C)CCCC1)N1c2ccccc2Sc2ccc(C(=O)NCC3CCC3)cc21. The number of nitrogens with zero attached hydrogens (tertiary/aromatic N) is 2. The molecule has 0 bridgehead atoms. The number of rotatable bonds is 6. The number of hydrogen-bond donors (Lipinski definition) is 1. The summed E-state index contributed by atoms with van der Waals surface area (Å²) >= 11 is 1.82. The number of likely N-dealkylation sites (N-methyl/N-ethyl adjacent to an activating group) is 1. The lowest BCUT2D eigenvalue weighted by Gasteiger charge is -2.41. The van der Waals surface area contributed by atoms with E-state index in [1.807, 2.05) is 17.8 Å². The van der Waals surface area contributed by atoms with Crippen molar-refractivity contribution in [3.05, 3.63) is 48.0 Å². The maximum Gasteiger partial charge on any atom is 0.251 e. The number of nitrogens with one attached hydrogen (secondary N) is 1. The number of benzene rings is 2. The van der Waals surface area contributed by atoms with Gasteiger partial charge in [0, 0.05) is 34.7 Å². The van der Waals surface area contributed by atoms with Crippen LogP contribution < -0.4 is 10.2 Å². The Balaban J connectivity index is 1.44. The Morgan fingerprint density at radius 2 is 1.84 bits per heavy atom. The molecule has 1 atom stereocenters.